The Morgan fingerprint density at radius 1 is 1.00 bits per heavy atom. The minimum atomic E-state index is -1.09. The van der Waals surface area contributed by atoms with Gasteiger partial charge in [0.15, 0.2) is 0 Å². The molecule has 1 heterocycles. The molecule has 142 valence electrons. The molecule has 0 saturated carbocycles. The molecule has 0 radical (unpaired) electrons. The molecule has 2 rings (SSSR count). The van der Waals surface area contributed by atoms with Gasteiger partial charge in [-0.2, -0.15) is 0 Å². The summed E-state index contributed by atoms with van der Waals surface area (Å²) in [6.07, 6.45) is 6.22. The van der Waals surface area contributed by atoms with Crippen LogP contribution in [0.4, 0.5) is 5.69 Å². The Bertz CT molecular complexity index is 920. The van der Waals surface area contributed by atoms with E-state index in [-0.39, 0.29) is 16.8 Å². The lowest BCUT2D eigenvalue weighted by Crippen LogP contribution is -2.28. The van der Waals surface area contributed by atoms with Crippen LogP contribution in [-0.2, 0) is 19.1 Å². The third kappa shape index (κ3) is 4.47. The van der Waals surface area contributed by atoms with Gasteiger partial charge in [0.1, 0.15) is 5.70 Å². The minimum Gasteiger partial charge on any atom is -0.478 e. The van der Waals surface area contributed by atoms with E-state index < -0.39 is 17.9 Å². The molecule has 0 bridgehead atoms. The first kappa shape index (κ1) is 22.1. The van der Waals surface area contributed by atoms with Crippen LogP contribution in [0.25, 0.3) is 0 Å². The zero-order chi connectivity index (χ0) is 20.3. The number of carboxylic acid groups (broad SMARTS) is 1. The van der Waals surface area contributed by atoms with Crippen molar-refractivity contribution in [3.8, 4) is 0 Å². The van der Waals surface area contributed by atoms with Gasteiger partial charge in [0.25, 0.3) is 0 Å². The molecule has 1 aromatic rings. The Morgan fingerprint density at radius 2 is 1.63 bits per heavy atom. The van der Waals surface area contributed by atoms with Crippen molar-refractivity contribution in [1.29, 1.82) is 0 Å². The molecule has 0 atom stereocenters. The summed E-state index contributed by atoms with van der Waals surface area (Å²) in [6.45, 7) is 0. The highest BCUT2D eigenvalue weighted by Crippen LogP contribution is 2.38. The number of hydrogen-bond donors (Lipinski definition) is 1. The highest BCUT2D eigenvalue weighted by Gasteiger charge is 2.31. The number of aromatic carboxylic acids is 1. The molecule has 0 unspecified atom stereocenters. The number of halogens is 3. The van der Waals surface area contributed by atoms with Gasteiger partial charge in [0.2, 0.25) is 0 Å². The van der Waals surface area contributed by atoms with E-state index in [0.717, 1.165) is 0 Å². The number of esters is 2. The first-order valence-corrected chi connectivity index (χ1v) is 10.4. The number of carboxylic acids is 1. The van der Waals surface area contributed by atoms with Gasteiger partial charge in [-0.1, -0.05) is 6.08 Å². The lowest BCUT2D eigenvalue weighted by Gasteiger charge is -2.26. The van der Waals surface area contributed by atoms with Crippen LogP contribution in [0.2, 0.25) is 0 Å². The predicted octanol–water partition coefficient (Wildman–Crippen LogP) is 3.69. The summed E-state index contributed by atoms with van der Waals surface area (Å²) < 4.78 is 11.3. The molecule has 0 aromatic heterocycles. The highest BCUT2D eigenvalue weighted by atomic mass is 127. The van der Waals surface area contributed by atoms with E-state index in [2.05, 4.69) is 22.6 Å². The van der Waals surface area contributed by atoms with Crippen molar-refractivity contribution in [2.24, 2.45) is 0 Å². The second-order valence-electron chi connectivity index (χ2n) is 5.00. The molecule has 0 aliphatic carbocycles. The van der Waals surface area contributed by atoms with E-state index in [1.165, 1.54) is 25.2 Å². The maximum Gasteiger partial charge on any atom is 0.355 e. The van der Waals surface area contributed by atoms with Crippen molar-refractivity contribution >= 4 is 91.4 Å². The van der Waals surface area contributed by atoms with Crippen LogP contribution >= 0.6 is 67.8 Å². The van der Waals surface area contributed by atoms with Crippen LogP contribution in [0.5, 0.6) is 0 Å². The van der Waals surface area contributed by atoms with Gasteiger partial charge in [0.05, 0.1) is 34.6 Å². The molecule has 1 aromatic carbocycles. The predicted molar refractivity (Wildman–Crippen MR) is 123 cm³/mol. The van der Waals surface area contributed by atoms with E-state index in [0.29, 0.717) is 16.4 Å². The summed E-state index contributed by atoms with van der Waals surface area (Å²) in [5.41, 5.74) is 0.496. The largest absolute Gasteiger partial charge is 0.478 e. The van der Waals surface area contributed by atoms with Crippen molar-refractivity contribution < 1.29 is 29.0 Å². The monoisotopic (exact) mass is 707 g/mol. The van der Waals surface area contributed by atoms with Crippen LogP contribution in [0.3, 0.4) is 0 Å². The first-order chi connectivity index (χ1) is 12.7. The summed E-state index contributed by atoms with van der Waals surface area (Å²) in [7, 11) is 2.41. The summed E-state index contributed by atoms with van der Waals surface area (Å²) >= 11 is 5.93. The van der Waals surface area contributed by atoms with Gasteiger partial charge in [-0.25, -0.2) is 14.4 Å². The number of methoxy groups -OCH3 is 2. The maximum absolute atomic E-state index is 12.5. The summed E-state index contributed by atoms with van der Waals surface area (Å²) in [4.78, 5) is 37.9. The van der Waals surface area contributed by atoms with Crippen molar-refractivity contribution in [3.05, 3.63) is 58.0 Å². The van der Waals surface area contributed by atoms with Crippen LogP contribution in [0.15, 0.2) is 41.8 Å². The van der Waals surface area contributed by atoms with Gasteiger partial charge in [-0.3, -0.25) is 0 Å². The summed E-state index contributed by atoms with van der Waals surface area (Å²) in [6, 6.07) is 1.70. The fraction of sp³-hybridized carbons (Fsp3) is 0.118. The molecule has 1 aliphatic heterocycles. The third-order valence-corrected chi connectivity index (χ3v) is 6.21. The van der Waals surface area contributed by atoms with E-state index >= 15 is 0 Å². The Labute approximate surface area is 195 Å². The molecule has 1 N–H and O–H groups in total. The normalized spacial score (nSPS) is 13.4. The lowest BCUT2D eigenvalue weighted by molar-refractivity contribution is -0.139. The van der Waals surface area contributed by atoms with Gasteiger partial charge in [-0.15, -0.1) is 0 Å². The second-order valence-corrected chi connectivity index (χ2v) is 8.40. The SMILES string of the molecule is COC(=O)C1=C(C(=O)OC)N(c2c(I)cc(I)c(C(=O)O)c2I)C=CC=C1. The van der Waals surface area contributed by atoms with Crippen molar-refractivity contribution in [3.63, 3.8) is 0 Å². The fourth-order valence-electron chi connectivity index (χ4n) is 2.33. The molecule has 0 spiro atoms. The number of ether oxygens (including phenoxy) is 2. The molecule has 7 nitrogen and oxygen atoms in total. The number of carbonyl (C=O) groups is 3. The zero-order valence-electron chi connectivity index (χ0n) is 14.0. The Morgan fingerprint density at radius 3 is 2.19 bits per heavy atom. The molecular formula is C17H12I3NO6. The van der Waals surface area contributed by atoms with Crippen molar-refractivity contribution in [2.45, 2.75) is 0 Å². The molecular weight excluding hydrogens is 695 g/mol. The van der Waals surface area contributed by atoms with Crippen LogP contribution in [0.1, 0.15) is 10.4 Å². The minimum absolute atomic E-state index is 0.00336. The average Bonchev–Trinajstić information content (AvgIpc) is 2.82. The number of nitrogens with zero attached hydrogens (tertiary/aromatic N) is 1. The Kier molecular flexibility index (Phi) is 7.67. The molecule has 0 amide bonds. The number of hydrogen-bond acceptors (Lipinski definition) is 6. The first-order valence-electron chi connectivity index (χ1n) is 7.20. The van der Waals surface area contributed by atoms with Crippen molar-refractivity contribution in [1.82, 2.24) is 0 Å². The number of allylic oxidation sites excluding steroid dienone is 2. The number of anilines is 1. The molecule has 0 fully saturated rings. The standard InChI is InChI=1S/C17H12I3NO6/c1-26-16(24)8-5-3-4-6-21(13(8)17(25)27-2)14-10(19)7-9(18)11(12(14)20)15(22)23/h3-7H,1-2H3,(H,22,23). The van der Waals surface area contributed by atoms with Gasteiger partial charge in [0, 0.05) is 13.3 Å². The van der Waals surface area contributed by atoms with Gasteiger partial charge >= 0.3 is 17.9 Å². The van der Waals surface area contributed by atoms with Crippen LogP contribution in [0, 0.1) is 10.7 Å². The van der Waals surface area contributed by atoms with Crippen LogP contribution in [-0.4, -0.2) is 37.2 Å². The van der Waals surface area contributed by atoms with Gasteiger partial charge in [-0.05, 0) is 86.0 Å². The second kappa shape index (κ2) is 9.36. The lowest BCUT2D eigenvalue weighted by atomic mass is 10.1. The Balaban J connectivity index is 2.87. The van der Waals surface area contributed by atoms with E-state index in [4.69, 9.17) is 9.47 Å². The quantitative estimate of drug-likeness (QED) is 0.378. The maximum atomic E-state index is 12.5. The fourth-order valence-corrected chi connectivity index (χ4v) is 6.69. The van der Waals surface area contributed by atoms with E-state index in [1.807, 2.05) is 45.2 Å². The Hall–Kier alpha value is -1.16. The van der Waals surface area contributed by atoms with E-state index in [1.54, 1.807) is 24.4 Å². The van der Waals surface area contributed by atoms with Crippen LogP contribution < -0.4 is 4.90 Å². The smallest absolute Gasteiger partial charge is 0.355 e. The molecule has 27 heavy (non-hydrogen) atoms. The molecule has 1 aliphatic rings. The van der Waals surface area contributed by atoms with E-state index in [9.17, 15) is 19.5 Å². The summed E-state index contributed by atoms with van der Waals surface area (Å²) in [5, 5.41) is 9.58. The van der Waals surface area contributed by atoms with Gasteiger partial charge < -0.3 is 19.5 Å². The average molecular weight is 707 g/mol. The zero-order valence-corrected chi connectivity index (χ0v) is 20.4. The number of benzene rings is 1. The molecule has 0 saturated heterocycles. The number of carbonyl (C=O) groups excluding carboxylic acids is 2. The number of rotatable bonds is 4. The summed E-state index contributed by atoms with van der Waals surface area (Å²) in [5.74, 6) is -2.56. The topological polar surface area (TPSA) is 93.1 Å². The molecule has 10 heteroatoms. The third-order valence-electron chi connectivity index (χ3n) is 3.49. The highest BCUT2D eigenvalue weighted by molar-refractivity contribution is 14.1. The van der Waals surface area contributed by atoms with Crippen molar-refractivity contribution in [2.75, 3.05) is 19.1 Å².